The molecule has 0 aliphatic carbocycles. The van der Waals surface area contributed by atoms with E-state index in [1.807, 2.05) is 0 Å². The number of rotatable bonds is 4. The zero-order valence-electron chi connectivity index (χ0n) is 13.7. The van der Waals surface area contributed by atoms with Crippen molar-refractivity contribution >= 4 is 35.1 Å². The number of methoxy groups -OCH3 is 1. The molecule has 2 aromatic carbocycles. The lowest BCUT2D eigenvalue weighted by Crippen LogP contribution is -2.40. The van der Waals surface area contributed by atoms with Crippen molar-refractivity contribution in [1.82, 2.24) is 10.2 Å². The highest BCUT2D eigenvalue weighted by molar-refractivity contribution is 6.31. The Hall–Kier alpha value is -2.24. The number of benzene rings is 2. The van der Waals surface area contributed by atoms with Gasteiger partial charge in [-0.15, -0.1) is 0 Å². The van der Waals surface area contributed by atoms with Gasteiger partial charge in [-0.25, -0.2) is 4.79 Å². The minimum atomic E-state index is -1.15. The van der Waals surface area contributed by atoms with Crippen LogP contribution >= 0.6 is 23.2 Å². The van der Waals surface area contributed by atoms with Crippen molar-refractivity contribution in [2.45, 2.75) is 19.0 Å². The Morgan fingerprint density at radius 3 is 2.36 bits per heavy atom. The topological polar surface area (TPSA) is 58.6 Å². The first-order chi connectivity index (χ1) is 11.8. The van der Waals surface area contributed by atoms with Gasteiger partial charge < -0.3 is 10.1 Å². The van der Waals surface area contributed by atoms with Crippen LogP contribution in [0.4, 0.5) is 4.79 Å². The van der Waals surface area contributed by atoms with Gasteiger partial charge in [-0.2, -0.15) is 0 Å². The summed E-state index contributed by atoms with van der Waals surface area (Å²) in [6, 6.07) is 11.4. The Kier molecular flexibility index (Phi) is 4.62. The molecule has 0 bridgehead atoms. The first-order valence-electron chi connectivity index (χ1n) is 7.57. The van der Waals surface area contributed by atoms with Crippen molar-refractivity contribution < 1.29 is 14.3 Å². The summed E-state index contributed by atoms with van der Waals surface area (Å²) in [5.74, 6) is 0.215. The zero-order chi connectivity index (χ0) is 18.2. The molecule has 1 N–H and O–H groups in total. The number of imide groups is 1. The second-order valence-electron chi connectivity index (χ2n) is 5.91. The van der Waals surface area contributed by atoms with Crippen molar-refractivity contribution in [2.24, 2.45) is 0 Å². The van der Waals surface area contributed by atoms with Gasteiger partial charge in [-0.1, -0.05) is 35.3 Å². The number of hydrogen-bond donors (Lipinski definition) is 1. The van der Waals surface area contributed by atoms with Gasteiger partial charge in [0.2, 0.25) is 0 Å². The largest absolute Gasteiger partial charge is 0.496 e. The molecule has 7 heteroatoms. The fourth-order valence-corrected chi connectivity index (χ4v) is 3.18. The van der Waals surface area contributed by atoms with E-state index in [1.54, 1.807) is 49.4 Å². The molecular weight excluding hydrogens is 363 g/mol. The molecule has 1 aliphatic heterocycles. The molecule has 5 nitrogen and oxygen atoms in total. The highest BCUT2D eigenvalue weighted by atomic mass is 35.5. The lowest BCUT2D eigenvalue weighted by atomic mass is 9.92. The molecule has 2 aromatic rings. The number of halogens is 2. The fourth-order valence-electron chi connectivity index (χ4n) is 2.86. The summed E-state index contributed by atoms with van der Waals surface area (Å²) in [6.45, 7) is 1.74. The second kappa shape index (κ2) is 6.58. The van der Waals surface area contributed by atoms with Gasteiger partial charge in [-0.3, -0.25) is 9.69 Å². The van der Waals surface area contributed by atoms with E-state index in [9.17, 15) is 9.59 Å². The molecule has 0 spiro atoms. The predicted molar refractivity (Wildman–Crippen MR) is 95.9 cm³/mol. The molecule has 0 saturated carbocycles. The number of amides is 3. The van der Waals surface area contributed by atoms with E-state index in [1.165, 1.54) is 7.11 Å². The quantitative estimate of drug-likeness (QED) is 0.818. The molecule has 1 fully saturated rings. The normalized spacial score (nSPS) is 19.9. The Morgan fingerprint density at radius 1 is 1.08 bits per heavy atom. The molecule has 1 heterocycles. The molecule has 1 aliphatic rings. The average Bonchev–Trinajstić information content (AvgIpc) is 2.80. The van der Waals surface area contributed by atoms with Crippen LogP contribution in [0, 0.1) is 0 Å². The molecular formula is C18H16Cl2N2O3. The lowest BCUT2D eigenvalue weighted by molar-refractivity contribution is -0.131. The van der Waals surface area contributed by atoms with Crippen LogP contribution in [0.15, 0.2) is 42.5 Å². The molecule has 25 heavy (non-hydrogen) atoms. The number of urea groups is 1. The number of carbonyl (C=O) groups excluding carboxylic acids is 2. The molecule has 0 aromatic heterocycles. The van der Waals surface area contributed by atoms with Gasteiger partial charge in [-0.05, 0) is 42.8 Å². The van der Waals surface area contributed by atoms with Crippen molar-refractivity contribution in [2.75, 3.05) is 7.11 Å². The molecule has 1 saturated heterocycles. The number of nitrogens with zero attached hydrogens (tertiary/aromatic N) is 1. The molecule has 3 rings (SSSR count). The summed E-state index contributed by atoms with van der Waals surface area (Å²) in [7, 11) is 1.52. The van der Waals surface area contributed by atoms with E-state index in [2.05, 4.69) is 5.32 Å². The summed E-state index contributed by atoms with van der Waals surface area (Å²) in [5, 5.41) is 3.82. The van der Waals surface area contributed by atoms with Crippen LogP contribution in [0.25, 0.3) is 0 Å². The molecule has 0 unspecified atom stereocenters. The van der Waals surface area contributed by atoms with E-state index in [4.69, 9.17) is 27.9 Å². The highest BCUT2D eigenvalue weighted by Gasteiger charge is 2.49. The lowest BCUT2D eigenvalue weighted by Gasteiger charge is -2.22. The average molecular weight is 379 g/mol. The van der Waals surface area contributed by atoms with Gasteiger partial charge in [0.25, 0.3) is 5.91 Å². The summed E-state index contributed by atoms with van der Waals surface area (Å²) < 4.78 is 5.29. The van der Waals surface area contributed by atoms with Crippen LogP contribution in [0.3, 0.4) is 0 Å². The third-order valence-corrected chi connectivity index (χ3v) is 4.75. The monoisotopic (exact) mass is 378 g/mol. The van der Waals surface area contributed by atoms with Crippen LogP contribution in [-0.4, -0.2) is 23.9 Å². The maximum absolute atomic E-state index is 12.9. The third kappa shape index (κ3) is 3.17. The van der Waals surface area contributed by atoms with Gasteiger partial charge in [0.05, 0.1) is 13.7 Å². The minimum Gasteiger partial charge on any atom is -0.496 e. The van der Waals surface area contributed by atoms with Crippen molar-refractivity contribution in [3.8, 4) is 5.75 Å². The van der Waals surface area contributed by atoms with E-state index in [-0.39, 0.29) is 12.5 Å². The molecule has 3 amide bonds. The van der Waals surface area contributed by atoms with Crippen LogP contribution in [0.5, 0.6) is 5.75 Å². The van der Waals surface area contributed by atoms with Gasteiger partial charge in [0, 0.05) is 15.6 Å². The van der Waals surface area contributed by atoms with Gasteiger partial charge in [0.15, 0.2) is 0 Å². The van der Waals surface area contributed by atoms with E-state index < -0.39 is 11.6 Å². The van der Waals surface area contributed by atoms with E-state index in [0.29, 0.717) is 26.9 Å². The Morgan fingerprint density at radius 2 is 1.72 bits per heavy atom. The summed E-state index contributed by atoms with van der Waals surface area (Å²) in [6.07, 6.45) is 0. The van der Waals surface area contributed by atoms with Crippen molar-refractivity contribution in [3.63, 3.8) is 0 Å². The summed E-state index contributed by atoms with van der Waals surface area (Å²) in [5.41, 5.74) is 0.169. The number of nitrogens with one attached hydrogen (secondary N) is 1. The number of hydrogen-bond acceptors (Lipinski definition) is 3. The molecule has 130 valence electrons. The van der Waals surface area contributed by atoms with Crippen molar-refractivity contribution in [3.05, 3.63) is 63.6 Å². The van der Waals surface area contributed by atoms with Crippen LogP contribution in [0.2, 0.25) is 10.0 Å². The van der Waals surface area contributed by atoms with Gasteiger partial charge >= 0.3 is 6.03 Å². The Balaban J connectivity index is 1.92. The maximum atomic E-state index is 12.9. The van der Waals surface area contributed by atoms with E-state index >= 15 is 0 Å². The van der Waals surface area contributed by atoms with Crippen molar-refractivity contribution in [1.29, 1.82) is 0 Å². The molecule has 0 radical (unpaired) electrons. The van der Waals surface area contributed by atoms with Crippen LogP contribution in [0.1, 0.15) is 18.1 Å². The zero-order valence-corrected chi connectivity index (χ0v) is 15.2. The SMILES string of the molecule is COc1ccc(Cl)cc1CN1C(=O)N[C@](C)(c2ccc(Cl)cc2)C1=O. The fraction of sp³-hybridized carbons (Fsp3) is 0.222. The number of carbonyl (C=O) groups is 2. The predicted octanol–water partition coefficient (Wildman–Crippen LogP) is 3.97. The maximum Gasteiger partial charge on any atom is 0.325 e. The summed E-state index contributed by atoms with van der Waals surface area (Å²) >= 11 is 11.9. The minimum absolute atomic E-state index is 0.0670. The smallest absolute Gasteiger partial charge is 0.325 e. The highest BCUT2D eigenvalue weighted by Crippen LogP contribution is 2.32. The summed E-state index contributed by atoms with van der Waals surface area (Å²) in [4.78, 5) is 26.5. The van der Waals surface area contributed by atoms with Gasteiger partial charge in [0.1, 0.15) is 11.3 Å². The Labute approximate surface area is 155 Å². The van der Waals surface area contributed by atoms with Crippen LogP contribution < -0.4 is 10.1 Å². The Bertz CT molecular complexity index is 839. The van der Waals surface area contributed by atoms with E-state index in [0.717, 1.165) is 4.90 Å². The third-order valence-electron chi connectivity index (χ3n) is 4.27. The second-order valence-corrected chi connectivity index (χ2v) is 6.78. The molecule has 1 atom stereocenters. The first-order valence-corrected chi connectivity index (χ1v) is 8.33. The van der Waals surface area contributed by atoms with Crippen LogP contribution in [-0.2, 0) is 16.9 Å². The first kappa shape index (κ1) is 17.6. The standard InChI is InChI=1S/C18H16Cl2N2O3/c1-18(12-3-5-13(19)6-4-12)16(23)22(17(24)21-18)10-11-9-14(20)7-8-15(11)25-2/h3-9H,10H2,1-2H3,(H,21,24)/t18-/m1/s1. The number of ether oxygens (including phenoxy) is 1.